The number of likely N-dealkylation sites (N-methyl/N-ethyl adjacent to an activating group) is 1. The summed E-state index contributed by atoms with van der Waals surface area (Å²) in [6.45, 7) is 8.31. The number of nitrogens with one attached hydrogen (secondary N) is 1. The number of ether oxygens (including phenoxy) is 1. The molecule has 29 heavy (non-hydrogen) atoms. The smallest absolute Gasteiger partial charge is 0.261 e. The second-order valence-electron chi connectivity index (χ2n) is 7.35. The third-order valence-electron chi connectivity index (χ3n) is 5.23. The van der Waals surface area contributed by atoms with Crippen LogP contribution in [0, 0.1) is 20.8 Å². The Labute approximate surface area is 174 Å². The van der Waals surface area contributed by atoms with E-state index in [-0.39, 0.29) is 18.4 Å². The molecule has 0 heterocycles. The summed E-state index contributed by atoms with van der Waals surface area (Å²) in [6.07, 6.45) is 1.23. The number of aryl methyl sites for hydroxylation is 2. The number of hydrogen-bond donors (Lipinski definition) is 1. The topological polar surface area (TPSA) is 58.6 Å². The van der Waals surface area contributed by atoms with Crippen molar-refractivity contribution in [3.8, 4) is 5.75 Å². The quantitative estimate of drug-likeness (QED) is 0.705. The van der Waals surface area contributed by atoms with Crippen molar-refractivity contribution >= 4 is 11.8 Å². The average Bonchev–Trinajstić information content (AvgIpc) is 2.72. The van der Waals surface area contributed by atoms with Gasteiger partial charge in [-0.2, -0.15) is 0 Å². The minimum atomic E-state index is -0.514. The molecule has 0 spiro atoms. The summed E-state index contributed by atoms with van der Waals surface area (Å²) < 4.78 is 5.88. The van der Waals surface area contributed by atoms with Gasteiger partial charge in [0, 0.05) is 13.6 Å². The summed E-state index contributed by atoms with van der Waals surface area (Å²) in [6, 6.07) is 13.5. The fourth-order valence-corrected chi connectivity index (χ4v) is 3.44. The van der Waals surface area contributed by atoms with Crippen LogP contribution in [0.2, 0.25) is 0 Å². The van der Waals surface area contributed by atoms with E-state index in [1.54, 1.807) is 11.9 Å². The van der Waals surface area contributed by atoms with Crippen molar-refractivity contribution in [3.63, 3.8) is 0 Å². The van der Waals surface area contributed by atoms with Gasteiger partial charge in [0.1, 0.15) is 11.8 Å². The molecule has 2 aromatic rings. The Morgan fingerprint density at radius 3 is 2.41 bits per heavy atom. The maximum absolute atomic E-state index is 13.1. The molecule has 0 aliphatic carbocycles. The van der Waals surface area contributed by atoms with Crippen LogP contribution in [0.1, 0.15) is 35.6 Å². The molecular formula is C24H32N2O3. The van der Waals surface area contributed by atoms with E-state index in [0.29, 0.717) is 25.1 Å². The first-order valence-corrected chi connectivity index (χ1v) is 10.1. The van der Waals surface area contributed by atoms with Gasteiger partial charge >= 0.3 is 0 Å². The molecular weight excluding hydrogens is 364 g/mol. The molecule has 2 rings (SSSR count). The molecule has 0 aliphatic heterocycles. The van der Waals surface area contributed by atoms with Crippen molar-refractivity contribution in [2.45, 2.75) is 46.6 Å². The first-order valence-electron chi connectivity index (χ1n) is 10.1. The summed E-state index contributed by atoms with van der Waals surface area (Å²) >= 11 is 0. The van der Waals surface area contributed by atoms with Gasteiger partial charge in [-0.15, -0.1) is 0 Å². The van der Waals surface area contributed by atoms with Gasteiger partial charge in [-0.3, -0.25) is 9.59 Å². The van der Waals surface area contributed by atoms with Crippen molar-refractivity contribution in [1.82, 2.24) is 10.2 Å². The summed E-state index contributed by atoms with van der Waals surface area (Å²) in [7, 11) is 1.60. The lowest BCUT2D eigenvalue weighted by atomic mass is 10.1. The first kappa shape index (κ1) is 22.5. The molecule has 0 fully saturated rings. The zero-order chi connectivity index (χ0) is 21.4. The van der Waals surface area contributed by atoms with E-state index < -0.39 is 6.04 Å². The van der Waals surface area contributed by atoms with E-state index in [4.69, 9.17) is 4.74 Å². The Kier molecular flexibility index (Phi) is 8.25. The summed E-state index contributed by atoms with van der Waals surface area (Å²) in [5.74, 6) is 0.373. The molecule has 0 saturated heterocycles. The van der Waals surface area contributed by atoms with Crippen LogP contribution in [-0.2, 0) is 16.0 Å². The van der Waals surface area contributed by atoms with Gasteiger partial charge in [-0.1, -0.05) is 43.3 Å². The third-order valence-corrected chi connectivity index (χ3v) is 5.23. The van der Waals surface area contributed by atoms with Gasteiger partial charge in [0.2, 0.25) is 5.91 Å². The average molecular weight is 397 g/mol. The van der Waals surface area contributed by atoms with E-state index in [9.17, 15) is 9.59 Å². The normalized spacial score (nSPS) is 11.6. The molecule has 2 aromatic carbocycles. The number of amides is 2. The first-order chi connectivity index (χ1) is 13.9. The zero-order valence-corrected chi connectivity index (χ0v) is 18.1. The highest BCUT2D eigenvalue weighted by molar-refractivity contribution is 5.88. The number of rotatable bonds is 9. The van der Waals surface area contributed by atoms with Crippen LogP contribution < -0.4 is 10.1 Å². The largest absolute Gasteiger partial charge is 0.483 e. The molecule has 0 bridgehead atoms. The molecule has 156 valence electrons. The molecule has 0 aliphatic rings. The highest BCUT2D eigenvalue weighted by Crippen LogP contribution is 2.23. The molecule has 1 unspecified atom stereocenters. The monoisotopic (exact) mass is 396 g/mol. The van der Waals surface area contributed by atoms with Crippen molar-refractivity contribution in [1.29, 1.82) is 0 Å². The second kappa shape index (κ2) is 10.6. The van der Waals surface area contributed by atoms with Gasteiger partial charge in [0.15, 0.2) is 6.61 Å². The van der Waals surface area contributed by atoms with E-state index in [1.807, 2.05) is 64.1 Å². The number of benzene rings is 2. The Bertz CT molecular complexity index is 834. The fourth-order valence-electron chi connectivity index (χ4n) is 3.44. The number of carbonyl (C=O) groups is 2. The van der Waals surface area contributed by atoms with Crippen molar-refractivity contribution in [2.24, 2.45) is 0 Å². The van der Waals surface area contributed by atoms with E-state index in [2.05, 4.69) is 11.4 Å². The minimum Gasteiger partial charge on any atom is -0.483 e. The molecule has 5 heteroatoms. The van der Waals surface area contributed by atoms with Gasteiger partial charge in [-0.25, -0.2) is 0 Å². The standard InChI is InChI=1S/C24H32N2O3/c1-6-21(24(28)25-5)26(13-12-20-10-8-7-9-11-20)23(27)16-29-22-15-17(2)14-18(3)19(22)4/h7-11,14-15,21H,6,12-13,16H2,1-5H3,(H,25,28). The highest BCUT2D eigenvalue weighted by atomic mass is 16.5. The third kappa shape index (κ3) is 6.08. The van der Waals surface area contributed by atoms with Crippen LogP contribution in [0.4, 0.5) is 0 Å². The molecule has 2 amide bonds. The SMILES string of the molecule is CCC(C(=O)NC)N(CCc1ccccc1)C(=O)COc1cc(C)cc(C)c1C. The Morgan fingerprint density at radius 2 is 1.79 bits per heavy atom. The molecule has 1 atom stereocenters. The van der Waals surface area contributed by atoms with Crippen LogP contribution in [0.3, 0.4) is 0 Å². The maximum Gasteiger partial charge on any atom is 0.261 e. The highest BCUT2D eigenvalue weighted by Gasteiger charge is 2.28. The predicted octanol–water partition coefficient (Wildman–Crippen LogP) is 3.59. The van der Waals surface area contributed by atoms with Crippen LogP contribution in [0.5, 0.6) is 5.75 Å². The van der Waals surface area contributed by atoms with E-state index >= 15 is 0 Å². The Balaban J connectivity index is 2.15. The summed E-state index contributed by atoms with van der Waals surface area (Å²) in [4.78, 5) is 27.1. The molecule has 0 aromatic heterocycles. The van der Waals surface area contributed by atoms with Crippen LogP contribution >= 0.6 is 0 Å². The van der Waals surface area contributed by atoms with Crippen LogP contribution in [0.25, 0.3) is 0 Å². The lowest BCUT2D eigenvalue weighted by molar-refractivity contribution is -0.142. The molecule has 0 radical (unpaired) electrons. The number of nitrogens with zero attached hydrogens (tertiary/aromatic N) is 1. The maximum atomic E-state index is 13.1. The van der Waals surface area contributed by atoms with Crippen molar-refractivity contribution in [3.05, 3.63) is 64.7 Å². The Hall–Kier alpha value is -2.82. The minimum absolute atomic E-state index is 0.0913. The van der Waals surface area contributed by atoms with Crippen LogP contribution in [0.15, 0.2) is 42.5 Å². The lowest BCUT2D eigenvalue weighted by Crippen LogP contribution is -2.50. The summed E-state index contributed by atoms with van der Waals surface area (Å²) in [5, 5.41) is 2.67. The molecule has 0 saturated carbocycles. The van der Waals surface area contributed by atoms with E-state index in [1.165, 1.54) is 0 Å². The number of carbonyl (C=O) groups excluding carboxylic acids is 2. The summed E-state index contributed by atoms with van der Waals surface area (Å²) in [5.41, 5.74) is 4.37. The fraction of sp³-hybridized carbons (Fsp3) is 0.417. The van der Waals surface area contributed by atoms with Gasteiger partial charge in [0.05, 0.1) is 0 Å². The van der Waals surface area contributed by atoms with Crippen LogP contribution in [-0.4, -0.2) is 43.0 Å². The molecule has 1 N–H and O–H groups in total. The van der Waals surface area contributed by atoms with Gasteiger partial charge in [0.25, 0.3) is 5.91 Å². The predicted molar refractivity (Wildman–Crippen MR) is 116 cm³/mol. The zero-order valence-electron chi connectivity index (χ0n) is 18.1. The second-order valence-corrected chi connectivity index (χ2v) is 7.35. The van der Waals surface area contributed by atoms with Gasteiger partial charge in [-0.05, 0) is 61.9 Å². The van der Waals surface area contributed by atoms with Gasteiger partial charge < -0.3 is 15.0 Å². The van der Waals surface area contributed by atoms with E-state index in [0.717, 1.165) is 22.3 Å². The lowest BCUT2D eigenvalue weighted by Gasteiger charge is -2.30. The number of hydrogen-bond acceptors (Lipinski definition) is 3. The Morgan fingerprint density at radius 1 is 1.10 bits per heavy atom. The van der Waals surface area contributed by atoms with Crippen molar-refractivity contribution < 1.29 is 14.3 Å². The van der Waals surface area contributed by atoms with Crippen molar-refractivity contribution in [2.75, 3.05) is 20.2 Å². The molecule has 5 nitrogen and oxygen atoms in total.